The van der Waals surface area contributed by atoms with Gasteiger partial charge in [-0.05, 0) is 17.5 Å². The van der Waals surface area contributed by atoms with Gasteiger partial charge >= 0.3 is 0 Å². The predicted molar refractivity (Wildman–Crippen MR) is 64.8 cm³/mol. The highest BCUT2D eigenvalue weighted by Gasteiger charge is 2.13. The van der Waals surface area contributed by atoms with Gasteiger partial charge < -0.3 is 5.11 Å². The largest absolute Gasteiger partial charge is 0.392 e. The van der Waals surface area contributed by atoms with Crippen LogP contribution in [0.15, 0.2) is 24.3 Å². The standard InChI is InChI=1S/C12H18O3S/c1-2-3-8-16(14,15)10-12-7-5-4-6-11(12)9-13/h4-7,13H,2-3,8-10H2,1H3. The van der Waals surface area contributed by atoms with E-state index >= 15 is 0 Å². The molecule has 0 amide bonds. The van der Waals surface area contributed by atoms with Gasteiger partial charge in [-0.15, -0.1) is 0 Å². The lowest BCUT2D eigenvalue weighted by Crippen LogP contribution is -2.10. The number of hydrogen-bond donors (Lipinski definition) is 1. The number of rotatable bonds is 6. The summed E-state index contributed by atoms with van der Waals surface area (Å²) in [5, 5.41) is 9.10. The van der Waals surface area contributed by atoms with E-state index < -0.39 is 9.84 Å². The molecule has 90 valence electrons. The van der Waals surface area contributed by atoms with Gasteiger partial charge in [0.05, 0.1) is 18.1 Å². The average molecular weight is 242 g/mol. The average Bonchev–Trinajstić information content (AvgIpc) is 2.27. The summed E-state index contributed by atoms with van der Waals surface area (Å²) < 4.78 is 23.5. The second-order valence-electron chi connectivity index (χ2n) is 3.87. The van der Waals surface area contributed by atoms with Crippen molar-refractivity contribution < 1.29 is 13.5 Å². The van der Waals surface area contributed by atoms with Crippen molar-refractivity contribution >= 4 is 9.84 Å². The molecule has 0 radical (unpaired) electrons. The van der Waals surface area contributed by atoms with Crippen LogP contribution in [-0.4, -0.2) is 19.3 Å². The van der Waals surface area contributed by atoms with Gasteiger partial charge in [0.1, 0.15) is 0 Å². The quantitative estimate of drug-likeness (QED) is 0.829. The van der Waals surface area contributed by atoms with Crippen molar-refractivity contribution in [2.75, 3.05) is 5.75 Å². The first-order valence-electron chi connectivity index (χ1n) is 5.47. The molecular weight excluding hydrogens is 224 g/mol. The van der Waals surface area contributed by atoms with Gasteiger partial charge in [-0.3, -0.25) is 0 Å². The zero-order chi connectivity index (χ0) is 12.0. The van der Waals surface area contributed by atoms with Crippen LogP contribution in [0.25, 0.3) is 0 Å². The number of benzene rings is 1. The summed E-state index contributed by atoms with van der Waals surface area (Å²) in [5.74, 6) is 0.257. The summed E-state index contributed by atoms with van der Waals surface area (Å²) in [6.07, 6.45) is 1.57. The molecule has 0 heterocycles. The SMILES string of the molecule is CCCCS(=O)(=O)Cc1ccccc1CO. The maximum Gasteiger partial charge on any atom is 0.154 e. The monoisotopic (exact) mass is 242 g/mol. The molecule has 0 atom stereocenters. The van der Waals surface area contributed by atoms with Gasteiger partial charge in [-0.2, -0.15) is 0 Å². The van der Waals surface area contributed by atoms with Gasteiger partial charge in [-0.25, -0.2) is 8.42 Å². The summed E-state index contributed by atoms with van der Waals surface area (Å²) in [6.45, 7) is 1.86. The lowest BCUT2D eigenvalue weighted by Gasteiger charge is -2.07. The Labute approximate surface area is 97.0 Å². The van der Waals surface area contributed by atoms with Crippen LogP contribution >= 0.6 is 0 Å². The predicted octanol–water partition coefficient (Wildman–Crippen LogP) is 1.89. The van der Waals surface area contributed by atoms with Crippen molar-refractivity contribution in [1.82, 2.24) is 0 Å². The van der Waals surface area contributed by atoms with Gasteiger partial charge in [0, 0.05) is 0 Å². The smallest absolute Gasteiger partial charge is 0.154 e. The lowest BCUT2D eigenvalue weighted by molar-refractivity contribution is 0.281. The molecule has 0 aliphatic heterocycles. The minimum Gasteiger partial charge on any atom is -0.392 e. The van der Waals surface area contributed by atoms with Crippen LogP contribution < -0.4 is 0 Å². The zero-order valence-corrected chi connectivity index (χ0v) is 10.3. The van der Waals surface area contributed by atoms with Crippen LogP contribution in [0.5, 0.6) is 0 Å². The van der Waals surface area contributed by atoms with E-state index in [4.69, 9.17) is 5.11 Å². The number of hydrogen-bond acceptors (Lipinski definition) is 3. The third-order valence-corrected chi connectivity index (χ3v) is 4.13. The molecule has 0 saturated heterocycles. The maximum absolute atomic E-state index is 11.7. The summed E-state index contributed by atoms with van der Waals surface area (Å²) in [5.41, 5.74) is 1.41. The van der Waals surface area contributed by atoms with Crippen LogP contribution in [0.3, 0.4) is 0 Å². The molecule has 16 heavy (non-hydrogen) atoms. The Kier molecular flexibility index (Phi) is 4.96. The van der Waals surface area contributed by atoms with Crippen LogP contribution in [0, 0.1) is 0 Å². The second-order valence-corrected chi connectivity index (χ2v) is 6.06. The van der Waals surface area contributed by atoms with E-state index in [0.717, 1.165) is 6.42 Å². The number of sulfone groups is 1. The molecular formula is C12H18O3S. The molecule has 3 nitrogen and oxygen atoms in total. The van der Waals surface area contributed by atoms with E-state index in [-0.39, 0.29) is 18.1 Å². The topological polar surface area (TPSA) is 54.4 Å². The molecule has 0 fully saturated rings. The van der Waals surface area contributed by atoms with E-state index in [1.165, 1.54) is 0 Å². The molecule has 1 aromatic carbocycles. The Morgan fingerprint density at radius 2 is 1.81 bits per heavy atom. The summed E-state index contributed by atoms with van der Waals surface area (Å²) in [6, 6.07) is 7.11. The second kappa shape index (κ2) is 6.01. The molecule has 0 bridgehead atoms. The Hall–Kier alpha value is -0.870. The number of aliphatic hydroxyl groups excluding tert-OH is 1. The highest BCUT2D eigenvalue weighted by atomic mass is 32.2. The van der Waals surface area contributed by atoms with E-state index in [0.29, 0.717) is 17.5 Å². The van der Waals surface area contributed by atoms with Crippen molar-refractivity contribution in [3.63, 3.8) is 0 Å². The maximum atomic E-state index is 11.7. The van der Waals surface area contributed by atoms with Crippen molar-refractivity contribution in [2.45, 2.75) is 32.1 Å². The summed E-state index contributed by atoms with van der Waals surface area (Å²) in [7, 11) is -3.04. The van der Waals surface area contributed by atoms with Gasteiger partial charge in [0.2, 0.25) is 0 Å². The molecule has 0 unspecified atom stereocenters. The fourth-order valence-corrected chi connectivity index (χ4v) is 3.15. The third-order valence-electron chi connectivity index (χ3n) is 2.47. The minimum absolute atomic E-state index is 0.0315. The molecule has 0 aromatic heterocycles. The fourth-order valence-electron chi connectivity index (χ4n) is 1.53. The third kappa shape index (κ3) is 3.94. The van der Waals surface area contributed by atoms with Gasteiger partial charge in [0.15, 0.2) is 9.84 Å². The molecule has 4 heteroatoms. The van der Waals surface area contributed by atoms with E-state index in [1.54, 1.807) is 24.3 Å². The molecule has 0 aliphatic carbocycles. The van der Waals surface area contributed by atoms with Crippen LogP contribution in [0.1, 0.15) is 30.9 Å². The lowest BCUT2D eigenvalue weighted by atomic mass is 10.1. The van der Waals surface area contributed by atoms with E-state index in [2.05, 4.69) is 0 Å². The first-order valence-corrected chi connectivity index (χ1v) is 7.29. The molecule has 0 spiro atoms. The zero-order valence-electron chi connectivity index (χ0n) is 9.52. The number of unbranched alkanes of at least 4 members (excludes halogenated alkanes) is 1. The summed E-state index contributed by atoms with van der Waals surface area (Å²) >= 11 is 0. The first kappa shape index (κ1) is 13.2. The van der Waals surface area contributed by atoms with Crippen molar-refractivity contribution in [1.29, 1.82) is 0 Å². The van der Waals surface area contributed by atoms with E-state index in [1.807, 2.05) is 6.92 Å². The van der Waals surface area contributed by atoms with Crippen molar-refractivity contribution in [3.05, 3.63) is 35.4 Å². The normalized spacial score (nSPS) is 11.6. The van der Waals surface area contributed by atoms with Crippen molar-refractivity contribution in [2.24, 2.45) is 0 Å². The van der Waals surface area contributed by atoms with Crippen LogP contribution in [0.4, 0.5) is 0 Å². The molecule has 0 saturated carbocycles. The fraction of sp³-hybridized carbons (Fsp3) is 0.500. The molecule has 1 N–H and O–H groups in total. The van der Waals surface area contributed by atoms with Crippen LogP contribution in [0.2, 0.25) is 0 Å². The van der Waals surface area contributed by atoms with Crippen molar-refractivity contribution in [3.8, 4) is 0 Å². The van der Waals surface area contributed by atoms with E-state index in [9.17, 15) is 8.42 Å². The highest BCUT2D eigenvalue weighted by Crippen LogP contribution is 2.13. The molecule has 1 rings (SSSR count). The first-order chi connectivity index (χ1) is 7.59. The Balaban J connectivity index is 2.79. The van der Waals surface area contributed by atoms with Gasteiger partial charge in [0.25, 0.3) is 0 Å². The van der Waals surface area contributed by atoms with Crippen LogP contribution in [-0.2, 0) is 22.2 Å². The van der Waals surface area contributed by atoms with Gasteiger partial charge in [-0.1, -0.05) is 37.6 Å². The Morgan fingerprint density at radius 1 is 1.19 bits per heavy atom. The number of aliphatic hydroxyl groups is 1. The Bertz CT molecular complexity index is 424. The molecule has 1 aromatic rings. The minimum atomic E-state index is -3.04. The summed E-state index contributed by atoms with van der Waals surface area (Å²) in [4.78, 5) is 0. The highest BCUT2D eigenvalue weighted by molar-refractivity contribution is 7.90. The molecule has 0 aliphatic rings. The Morgan fingerprint density at radius 3 is 2.38 bits per heavy atom.